The van der Waals surface area contributed by atoms with Crippen LogP contribution < -0.4 is 5.32 Å². The van der Waals surface area contributed by atoms with Crippen LogP contribution >= 0.6 is 11.6 Å². The number of hydrogen-bond donors (Lipinski definition) is 1. The van der Waals surface area contributed by atoms with Crippen molar-refractivity contribution >= 4 is 11.6 Å². The van der Waals surface area contributed by atoms with Crippen molar-refractivity contribution in [3.05, 3.63) is 34.3 Å². The van der Waals surface area contributed by atoms with Gasteiger partial charge in [0.05, 0.1) is 0 Å². The van der Waals surface area contributed by atoms with E-state index in [0.717, 1.165) is 10.9 Å². The van der Waals surface area contributed by atoms with Crippen LogP contribution in [0.15, 0.2) is 18.2 Å². The van der Waals surface area contributed by atoms with Crippen molar-refractivity contribution < 1.29 is 0 Å². The number of halogens is 1. The molecule has 15 heavy (non-hydrogen) atoms. The second kappa shape index (κ2) is 4.54. The van der Waals surface area contributed by atoms with Crippen molar-refractivity contribution in [2.75, 3.05) is 7.05 Å². The molecule has 2 rings (SSSR count). The van der Waals surface area contributed by atoms with Crippen LogP contribution in [0.1, 0.15) is 36.4 Å². The maximum Gasteiger partial charge on any atom is 0.0456 e. The quantitative estimate of drug-likeness (QED) is 0.824. The molecule has 1 saturated carbocycles. The topological polar surface area (TPSA) is 12.0 Å². The van der Waals surface area contributed by atoms with Gasteiger partial charge in [-0.1, -0.05) is 30.2 Å². The average Bonchev–Trinajstić information content (AvgIpc) is 2.12. The van der Waals surface area contributed by atoms with Gasteiger partial charge in [-0.05, 0) is 49.9 Å². The largest absolute Gasteiger partial charge is 0.313 e. The Kier molecular flexibility index (Phi) is 3.32. The average molecular weight is 224 g/mol. The standard InChI is InChI=1S/C13H18ClN/c1-9-6-7-11(12(14)8-9)13(15-2)10-4-3-5-10/h6-8,10,13,15H,3-5H2,1-2H3. The highest BCUT2D eigenvalue weighted by Crippen LogP contribution is 2.39. The van der Waals surface area contributed by atoms with E-state index < -0.39 is 0 Å². The third kappa shape index (κ3) is 2.19. The van der Waals surface area contributed by atoms with Crippen molar-refractivity contribution in [1.82, 2.24) is 5.32 Å². The lowest BCUT2D eigenvalue weighted by molar-refractivity contribution is 0.239. The van der Waals surface area contributed by atoms with Gasteiger partial charge in [0.25, 0.3) is 0 Å². The number of benzene rings is 1. The van der Waals surface area contributed by atoms with E-state index in [4.69, 9.17) is 11.6 Å². The highest BCUT2D eigenvalue weighted by molar-refractivity contribution is 6.31. The maximum absolute atomic E-state index is 6.29. The summed E-state index contributed by atoms with van der Waals surface area (Å²) in [6.45, 7) is 2.08. The van der Waals surface area contributed by atoms with Crippen LogP contribution in [-0.4, -0.2) is 7.05 Å². The molecule has 82 valence electrons. The minimum Gasteiger partial charge on any atom is -0.313 e. The second-order valence-electron chi connectivity index (χ2n) is 4.48. The summed E-state index contributed by atoms with van der Waals surface area (Å²) in [4.78, 5) is 0. The number of rotatable bonds is 3. The Balaban J connectivity index is 2.25. The first-order valence-corrected chi connectivity index (χ1v) is 6.03. The molecule has 1 aromatic carbocycles. The predicted octanol–water partition coefficient (Wildman–Crippen LogP) is 3.71. The zero-order valence-electron chi connectivity index (χ0n) is 9.39. The van der Waals surface area contributed by atoms with Gasteiger partial charge in [-0.3, -0.25) is 0 Å². The highest BCUT2D eigenvalue weighted by atomic mass is 35.5. The van der Waals surface area contributed by atoms with Gasteiger partial charge in [-0.15, -0.1) is 0 Å². The van der Waals surface area contributed by atoms with Crippen molar-refractivity contribution in [3.8, 4) is 0 Å². The molecule has 0 aliphatic heterocycles. The molecule has 0 aromatic heterocycles. The van der Waals surface area contributed by atoms with Gasteiger partial charge in [0.2, 0.25) is 0 Å². The first-order valence-electron chi connectivity index (χ1n) is 5.65. The van der Waals surface area contributed by atoms with Crippen LogP contribution in [0.4, 0.5) is 0 Å². The van der Waals surface area contributed by atoms with Gasteiger partial charge in [0.1, 0.15) is 0 Å². The van der Waals surface area contributed by atoms with Gasteiger partial charge in [0, 0.05) is 11.1 Å². The van der Waals surface area contributed by atoms with Crippen LogP contribution in [0.25, 0.3) is 0 Å². The fraction of sp³-hybridized carbons (Fsp3) is 0.538. The summed E-state index contributed by atoms with van der Waals surface area (Å²) in [6, 6.07) is 6.80. The highest BCUT2D eigenvalue weighted by Gasteiger charge is 2.28. The molecule has 2 heteroatoms. The van der Waals surface area contributed by atoms with E-state index in [1.807, 2.05) is 7.05 Å². The Morgan fingerprint density at radius 2 is 2.13 bits per heavy atom. The SMILES string of the molecule is CNC(c1ccc(C)cc1Cl)C1CCC1. The number of hydrogen-bond acceptors (Lipinski definition) is 1. The minimum atomic E-state index is 0.437. The molecule has 0 heterocycles. The summed E-state index contributed by atoms with van der Waals surface area (Å²) >= 11 is 6.29. The summed E-state index contributed by atoms with van der Waals surface area (Å²) in [7, 11) is 2.03. The van der Waals surface area contributed by atoms with E-state index in [2.05, 4.69) is 30.4 Å². The van der Waals surface area contributed by atoms with Crippen molar-refractivity contribution in [3.63, 3.8) is 0 Å². The zero-order valence-corrected chi connectivity index (χ0v) is 10.1. The third-order valence-corrected chi connectivity index (χ3v) is 3.75. The normalized spacial score (nSPS) is 18.6. The Hall–Kier alpha value is -0.530. The first kappa shape index (κ1) is 11.0. The van der Waals surface area contributed by atoms with E-state index in [1.165, 1.54) is 30.4 Å². The summed E-state index contributed by atoms with van der Waals surface area (Å²) < 4.78 is 0. The van der Waals surface area contributed by atoms with Crippen molar-refractivity contribution in [2.45, 2.75) is 32.2 Å². The monoisotopic (exact) mass is 223 g/mol. The summed E-state index contributed by atoms with van der Waals surface area (Å²) in [5.74, 6) is 0.773. The van der Waals surface area contributed by atoms with E-state index in [1.54, 1.807) is 0 Å². The van der Waals surface area contributed by atoms with Gasteiger partial charge in [-0.25, -0.2) is 0 Å². The summed E-state index contributed by atoms with van der Waals surface area (Å²) in [5.41, 5.74) is 2.49. The lowest BCUT2D eigenvalue weighted by Gasteiger charge is -2.34. The molecule has 0 amide bonds. The molecule has 1 aliphatic carbocycles. The Morgan fingerprint density at radius 3 is 2.60 bits per heavy atom. The molecule has 0 bridgehead atoms. The van der Waals surface area contributed by atoms with E-state index in [9.17, 15) is 0 Å². The number of nitrogens with one attached hydrogen (secondary N) is 1. The lowest BCUT2D eigenvalue weighted by Crippen LogP contribution is -2.29. The summed E-state index contributed by atoms with van der Waals surface area (Å²) in [6.07, 6.45) is 4.03. The molecule has 1 N–H and O–H groups in total. The van der Waals surface area contributed by atoms with E-state index in [-0.39, 0.29) is 0 Å². The van der Waals surface area contributed by atoms with Gasteiger partial charge < -0.3 is 5.32 Å². The molecular formula is C13H18ClN. The van der Waals surface area contributed by atoms with Crippen molar-refractivity contribution in [1.29, 1.82) is 0 Å². The zero-order chi connectivity index (χ0) is 10.8. The summed E-state index contributed by atoms with van der Waals surface area (Å²) in [5, 5.41) is 4.30. The lowest BCUT2D eigenvalue weighted by atomic mass is 9.77. The molecule has 1 aromatic rings. The second-order valence-corrected chi connectivity index (χ2v) is 4.89. The molecule has 0 saturated heterocycles. The molecule has 1 unspecified atom stereocenters. The predicted molar refractivity (Wildman–Crippen MR) is 65.3 cm³/mol. The van der Waals surface area contributed by atoms with E-state index in [0.29, 0.717) is 6.04 Å². The molecule has 0 radical (unpaired) electrons. The van der Waals surface area contributed by atoms with Crippen molar-refractivity contribution in [2.24, 2.45) is 5.92 Å². The fourth-order valence-corrected chi connectivity index (χ4v) is 2.66. The fourth-order valence-electron chi connectivity index (χ4n) is 2.30. The van der Waals surface area contributed by atoms with Crippen LogP contribution in [0.5, 0.6) is 0 Å². The third-order valence-electron chi connectivity index (χ3n) is 3.42. The molecule has 1 nitrogen and oxygen atoms in total. The number of aryl methyl sites for hydroxylation is 1. The van der Waals surface area contributed by atoms with Gasteiger partial charge >= 0.3 is 0 Å². The molecular weight excluding hydrogens is 206 g/mol. The Morgan fingerprint density at radius 1 is 1.40 bits per heavy atom. The molecule has 1 aliphatic rings. The molecule has 0 spiro atoms. The van der Waals surface area contributed by atoms with Gasteiger partial charge in [0.15, 0.2) is 0 Å². The Labute approximate surface area is 96.8 Å². The maximum atomic E-state index is 6.29. The first-order chi connectivity index (χ1) is 7.22. The van der Waals surface area contributed by atoms with E-state index >= 15 is 0 Å². The Bertz CT molecular complexity index is 344. The minimum absolute atomic E-state index is 0.437. The van der Waals surface area contributed by atoms with Crippen LogP contribution in [-0.2, 0) is 0 Å². The van der Waals surface area contributed by atoms with Crippen LogP contribution in [0, 0.1) is 12.8 Å². The van der Waals surface area contributed by atoms with Crippen LogP contribution in [0.3, 0.4) is 0 Å². The smallest absolute Gasteiger partial charge is 0.0456 e. The molecule has 1 atom stereocenters. The molecule has 1 fully saturated rings. The van der Waals surface area contributed by atoms with Gasteiger partial charge in [-0.2, -0.15) is 0 Å². The van der Waals surface area contributed by atoms with Crippen LogP contribution in [0.2, 0.25) is 5.02 Å².